The number of carbonyl (C=O) groups excluding carboxylic acids is 1. The molecule has 0 aliphatic rings. The molecule has 4 nitrogen and oxygen atoms in total. The van der Waals surface area contributed by atoms with Gasteiger partial charge in [-0.1, -0.05) is 0 Å². The van der Waals surface area contributed by atoms with Crippen LogP contribution >= 0.6 is 0 Å². The topological polar surface area (TPSA) is 44.8 Å². The zero-order valence-corrected chi connectivity index (χ0v) is 8.61. The Kier molecular flexibility index (Phi) is 6.86. The fourth-order valence-corrected chi connectivity index (χ4v) is 1.88. The van der Waals surface area contributed by atoms with E-state index in [-0.39, 0.29) is 5.97 Å². The molecule has 0 bridgehead atoms. The minimum atomic E-state index is -1.78. The fraction of sp³-hybridized carbons (Fsp3) is 0.833. The van der Waals surface area contributed by atoms with Gasteiger partial charge in [-0.3, -0.25) is 0 Å². The maximum atomic E-state index is 10.3. The van der Waals surface area contributed by atoms with Gasteiger partial charge in [0.1, 0.15) is 0 Å². The zero-order chi connectivity index (χ0) is 8.69. The number of hydrogen-bond donors (Lipinski definition) is 0. The molecule has 0 rings (SSSR count). The first-order chi connectivity index (χ1) is 5.20. The molecule has 5 heteroatoms. The summed E-state index contributed by atoms with van der Waals surface area (Å²) in [5.41, 5.74) is 0. The Morgan fingerprint density at radius 2 is 1.91 bits per heavy atom. The molecule has 11 heavy (non-hydrogen) atoms. The molecule has 0 aliphatic heterocycles. The zero-order valence-electron chi connectivity index (χ0n) is 7.05. The Labute approximate surface area is 73.6 Å². The minimum absolute atomic E-state index is 0.255. The van der Waals surface area contributed by atoms with Crippen LogP contribution in [0.4, 0.5) is 0 Å². The summed E-state index contributed by atoms with van der Waals surface area (Å²) in [5, 5.41) is 0. The van der Waals surface area contributed by atoms with E-state index in [1.54, 1.807) is 14.2 Å². The molecule has 0 unspecified atom stereocenters. The maximum absolute atomic E-state index is 10.3. The van der Waals surface area contributed by atoms with Crippen molar-refractivity contribution in [1.82, 2.24) is 0 Å². The van der Waals surface area contributed by atoms with Gasteiger partial charge in [0.05, 0.1) is 0 Å². The first-order valence-electron chi connectivity index (χ1n) is 3.28. The van der Waals surface area contributed by atoms with E-state index in [1.807, 2.05) is 0 Å². The first kappa shape index (κ1) is 11.1. The van der Waals surface area contributed by atoms with E-state index in [0.29, 0.717) is 6.61 Å². The van der Waals surface area contributed by atoms with Crippen molar-refractivity contribution in [3.8, 4) is 0 Å². The van der Waals surface area contributed by atoms with Gasteiger partial charge in [0.15, 0.2) is 0 Å². The van der Waals surface area contributed by atoms with Crippen LogP contribution in [0, 0.1) is 0 Å². The molecule has 0 spiro atoms. The van der Waals surface area contributed by atoms with Crippen molar-refractivity contribution in [3.63, 3.8) is 0 Å². The third-order valence-corrected chi connectivity index (χ3v) is 3.45. The van der Waals surface area contributed by atoms with Crippen LogP contribution in [0.3, 0.4) is 0 Å². The van der Waals surface area contributed by atoms with Crippen LogP contribution in [-0.4, -0.2) is 26.8 Å². The summed E-state index contributed by atoms with van der Waals surface area (Å²) in [6.07, 6.45) is 0. The quantitative estimate of drug-likeness (QED) is 0.480. The Balaban J connectivity index is 3.28. The Bertz CT molecular complexity index is 113. The molecule has 0 aliphatic carbocycles. The van der Waals surface area contributed by atoms with Gasteiger partial charge in [0.25, 0.3) is 0 Å². The third-order valence-electron chi connectivity index (χ3n) is 1.07. The van der Waals surface area contributed by atoms with Crippen molar-refractivity contribution in [1.29, 1.82) is 0 Å². The van der Waals surface area contributed by atoms with Crippen LogP contribution < -0.4 is 0 Å². The van der Waals surface area contributed by atoms with Gasteiger partial charge >= 0.3 is 73.3 Å². The van der Waals surface area contributed by atoms with Crippen molar-refractivity contribution < 1.29 is 34.8 Å². The summed E-state index contributed by atoms with van der Waals surface area (Å²) in [5.74, 6) is -0.255. The average Bonchev–Trinajstić information content (AvgIpc) is 1.98. The van der Waals surface area contributed by atoms with Crippen molar-refractivity contribution in [3.05, 3.63) is 0 Å². The monoisotopic (exact) mass is 197 g/mol. The van der Waals surface area contributed by atoms with Crippen molar-refractivity contribution in [2.24, 2.45) is 0 Å². The van der Waals surface area contributed by atoms with Crippen molar-refractivity contribution in [2.45, 2.75) is 11.6 Å². The molecule has 0 amide bonds. The summed E-state index contributed by atoms with van der Waals surface area (Å²) >= 11 is -1.78. The molecule has 0 saturated carbocycles. The van der Waals surface area contributed by atoms with Gasteiger partial charge in [0.2, 0.25) is 0 Å². The molecule has 0 aromatic carbocycles. The predicted octanol–water partition coefficient (Wildman–Crippen LogP) is 0.709. The predicted molar refractivity (Wildman–Crippen MR) is 35.5 cm³/mol. The summed E-state index contributed by atoms with van der Waals surface area (Å²) < 4.78 is 15.5. The molecule has 0 heterocycles. The molecule has 0 N–H and O–H groups in total. The Morgan fingerprint density at radius 1 is 1.36 bits per heavy atom. The second kappa shape index (κ2) is 6.79. The normalized spacial score (nSPS) is 9.36. The summed E-state index contributed by atoms with van der Waals surface area (Å²) in [6, 6.07) is 0. The second-order valence-corrected chi connectivity index (χ2v) is 5.09. The van der Waals surface area contributed by atoms with Gasteiger partial charge in [-0.15, -0.1) is 0 Å². The number of rotatable bonds is 5. The van der Waals surface area contributed by atoms with E-state index in [2.05, 4.69) is 0 Å². The molecular formula is C6H13O4Ti. The fourth-order valence-electron chi connectivity index (χ4n) is 0.566. The van der Waals surface area contributed by atoms with Crippen LogP contribution in [-0.2, 0) is 34.8 Å². The molecule has 0 atom stereocenters. The number of carbonyl (C=O) groups is 1. The third kappa shape index (κ3) is 6.50. The van der Waals surface area contributed by atoms with Gasteiger partial charge in [0, 0.05) is 0 Å². The summed E-state index contributed by atoms with van der Waals surface area (Å²) in [6.45, 7) is 1.80. The summed E-state index contributed by atoms with van der Waals surface area (Å²) in [7, 11) is 3.24. The molecule has 65 valence electrons. The molecule has 0 radical (unpaired) electrons. The number of esters is 1. The van der Waals surface area contributed by atoms with Gasteiger partial charge < -0.3 is 0 Å². The second-order valence-electron chi connectivity index (χ2n) is 1.87. The van der Waals surface area contributed by atoms with Crippen LogP contribution in [0.2, 0.25) is 4.73 Å². The van der Waals surface area contributed by atoms with E-state index in [1.165, 1.54) is 6.92 Å². The van der Waals surface area contributed by atoms with Crippen molar-refractivity contribution >= 4 is 5.97 Å². The average molecular weight is 197 g/mol. The van der Waals surface area contributed by atoms with Crippen molar-refractivity contribution in [2.75, 3.05) is 20.8 Å². The first-order valence-corrected chi connectivity index (χ1v) is 5.65. The van der Waals surface area contributed by atoms with Crippen LogP contribution in [0.25, 0.3) is 0 Å². The molecular weight excluding hydrogens is 184 g/mol. The van der Waals surface area contributed by atoms with E-state index >= 15 is 0 Å². The van der Waals surface area contributed by atoms with E-state index in [9.17, 15) is 4.79 Å². The molecule has 0 fully saturated rings. The Hall–Kier alpha value is 0.104. The van der Waals surface area contributed by atoms with Gasteiger partial charge in [-0.05, 0) is 0 Å². The van der Waals surface area contributed by atoms with E-state index in [4.69, 9.17) is 11.4 Å². The summed E-state index contributed by atoms with van der Waals surface area (Å²) in [4.78, 5) is 10.3. The Morgan fingerprint density at radius 3 is 2.27 bits per heavy atom. The van der Waals surface area contributed by atoms with Gasteiger partial charge in [-0.25, -0.2) is 0 Å². The number of ether oxygens (including phenoxy) is 1. The van der Waals surface area contributed by atoms with Crippen LogP contribution in [0.15, 0.2) is 0 Å². The van der Waals surface area contributed by atoms with E-state index in [0.717, 1.165) is 4.73 Å². The number of hydrogen-bond acceptors (Lipinski definition) is 4. The molecule has 0 aromatic rings. The standard InChI is InChI=1S/C4H7O2.2CH3O.Ti/c1-3-6-4(2)5;2*1-2;/h1,3H2,2H3;2*1H3;/q;2*-1;+2. The SMILES string of the molecule is C[O][Ti]([CH2]COC(C)=O)[O]C. The van der Waals surface area contributed by atoms with E-state index < -0.39 is 18.6 Å². The van der Waals surface area contributed by atoms with Crippen LogP contribution in [0.5, 0.6) is 0 Å². The van der Waals surface area contributed by atoms with Gasteiger partial charge in [-0.2, -0.15) is 0 Å². The molecule has 0 saturated heterocycles. The van der Waals surface area contributed by atoms with Crippen LogP contribution in [0.1, 0.15) is 6.92 Å². The molecule has 0 aromatic heterocycles.